The maximum atomic E-state index is 12.6. The van der Waals surface area contributed by atoms with E-state index in [9.17, 15) is 9.59 Å². The first-order valence-electron chi connectivity index (χ1n) is 7.57. The van der Waals surface area contributed by atoms with Crippen molar-refractivity contribution in [3.05, 3.63) is 48.3 Å². The summed E-state index contributed by atoms with van der Waals surface area (Å²) in [7, 11) is 2.61. The van der Waals surface area contributed by atoms with Gasteiger partial charge in [-0.05, 0) is 24.5 Å². The maximum Gasteiger partial charge on any atom is 0.329 e. The zero-order valence-electron chi connectivity index (χ0n) is 13.2. The summed E-state index contributed by atoms with van der Waals surface area (Å²) < 4.78 is 11.9. The molecule has 1 aromatic heterocycles. The van der Waals surface area contributed by atoms with Crippen LogP contribution in [0.15, 0.2) is 42.6 Å². The summed E-state index contributed by atoms with van der Waals surface area (Å²) in [5.74, 6) is -1.14. The number of carbonyl (C=O) groups excluding carboxylic acids is 2. The zero-order chi connectivity index (χ0) is 16.4. The molecule has 1 aliphatic rings. The molecule has 3 rings (SSSR count). The standard InChI is InChI=1S/C18H19NO4/c1-22-16(20)18(17(21)23-2)10-6-11-19-12-9-14(15(18)19)13-7-4-3-5-8-13/h3-5,7-9,12H,6,10-11H2,1-2H3. The van der Waals surface area contributed by atoms with Gasteiger partial charge in [0.05, 0.1) is 19.9 Å². The van der Waals surface area contributed by atoms with E-state index >= 15 is 0 Å². The first-order valence-corrected chi connectivity index (χ1v) is 7.57. The molecule has 0 bridgehead atoms. The average Bonchev–Trinajstić information content (AvgIpc) is 3.05. The number of hydrogen-bond donors (Lipinski definition) is 0. The average molecular weight is 313 g/mol. The van der Waals surface area contributed by atoms with Crippen molar-refractivity contribution in [1.29, 1.82) is 0 Å². The van der Waals surface area contributed by atoms with E-state index in [-0.39, 0.29) is 0 Å². The van der Waals surface area contributed by atoms with Gasteiger partial charge in [0, 0.05) is 18.3 Å². The van der Waals surface area contributed by atoms with Crippen molar-refractivity contribution in [3.63, 3.8) is 0 Å². The summed E-state index contributed by atoms with van der Waals surface area (Å²) in [6, 6.07) is 11.7. The summed E-state index contributed by atoms with van der Waals surface area (Å²) in [5, 5.41) is 0. The molecule has 0 aliphatic carbocycles. The van der Waals surface area contributed by atoms with Crippen LogP contribution in [-0.4, -0.2) is 30.7 Å². The van der Waals surface area contributed by atoms with Gasteiger partial charge in [-0.25, -0.2) is 0 Å². The molecule has 1 aliphatic heterocycles. The Bertz CT molecular complexity index is 717. The van der Waals surface area contributed by atoms with E-state index in [0.717, 1.165) is 17.7 Å². The number of esters is 2. The van der Waals surface area contributed by atoms with Crippen LogP contribution in [0.5, 0.6) is 0 Å². The van der Waals surface area contributed by atoms with Gasteiger partial charge < -0.3 is 14.0 Å². The Morgan fingerprint density at radius 3 is 2.30 bits per heavy atom. The number of benzene rings is 1. The molecule has 2 aromatic rings. The molecule has 0 saturated carbocycles. The van der Waals surface area contributed by atoms with Gasteiger partial charge in [0.15, 0.2) is 0 Å². The number of ether oxygens (including phenoxy) is 2. The third-order valence-corrected chi connectivity index (χ3v) is 4.47. The van der Waals surface area contributed by atoms with Gasteiger partial charge in [0.1, 0.15) is 0 Å². The van der Waals surface area contributed by atoms with Gasteiger partial charge in [-0.1, -0.05) is 30.3 Å². The molecule has 0 radical (unpaired) electrons. The number of carbonyl (C=O) groups is 2. The molecule has 0 amide bonds. The van der Waals surface area contributed by atoms with E-state index in [0.29, 0.717) is 18.5 Å². The lowest BCUT2D eigenvalue weighted by Crippen LogP contribution is -2.49. The zero-order valence-corrected chi connectivity index (χ0v) is 13.2. The summed E-state index contributed by atoms with van der Waals surface area (Å²) in [4.78, 5) is 25.2. The van der Waals surface area contributed by atoms with Gasteiger partial charge in [-0.2, -0.15) is 0 Å². The molecule has 2 heterocycles. The van der Waals surface area contributed by atoms with Crippen LogP contribution in [0.4, 0.5) is 0 Å². The van der Waals surface area contributed by atoms with Gasteiger partial charge in [0.25, 0.3) is 0 Å². The Labute approximate surface area is 134 Å². The predicted molar refractivity (Wildman–Crippen MR) is 84.8 cm³/mol. The number of methoxy groups -OCH3 is 2. The van der Waals surface area contributed by atoms with Crippen molar-refractivity contribution >= 4 is 11.9 Å². The van der Waals surface area contributed by atoms with Gasteiger partial charge >= 0.3 is 11.9 Å². The fourth-order valence-corrected chi connectivity index (χ4v) is 3.45. The quantitative estimate of drug-likeness (QED) is 0.645. The lowest BCUT2D eigenvalue weighted by Gasteiger charge is -2.34. The fraction of sp³-hybridized carbons (Fsp3) is 0.333. The third kappa shape index (κ3) is 2.23. The minimum atomic E-state index is -1.41. The van der Waals surface area contributed by atoms with E-state index in [1.165, 1.54) is 14.2 Å². The molecule has 0 unspecified atom stereocenters. The van der Waals surface area contributed by atoms with Crippen molar-refractivity contribution in [2.45, 2.75) is 24.8 Å². The molecule has 5 nitrogen and oxygen atoms in total. The monoisotopic (exact) mass is 313 g/mol. The summed E-state index contributed by atoms with van der Waals surface area (Å²) in [6.07, 6.45) is 3.01. The van der Waals surface area contributed by atoms with E-state index in [1.807, 2.05) is 47.2 Å². The minimum absolute atomic E-state index is 0.385. The Balaban J connectivity index is 2.26. The molecular weight excluding hydrogens is 294 g/mol. The van der Waals surface area contributed by atoms with Crippen LogP contribution in [0.3, 0.4) is 0 Å². The highest BCUT2D eigenvalue weighted by molar-refractivity contribution is 6.07. The molecule has 0 spiro atoms. The largest absolute Gasteiger partial charge is 0.468 e. The van der Waals surface area contributed by atoms with Gasteiger partial charge in [0.2, 0.25) is 5.41 Å². The first kappa shape index (κ1) is 15.3. The molecule has 0 saturated heterocycles. The topological polar surface area (TPSA) is 57.5 Å². The van der Waals surface area contributed by atoms with E-state index in [2.05, 4.69) is 0 Å². The van der Waals surface area contributed by atoms with Crippen LogP contribution in [0.1, 0.15) is 18.5 Å². The van der Waals surface area contributed by atoms with Gasteiger partial charge in [-0.15, -0.1) is 0 Å². The highest BCUT2D eigenvalue weighted by atomic mass is 16.5. The number of hydrogen-bond acceptors (Lipinski definition) is 4. The first-order chi connectivity index (χ1) is 11.1. The highest BCUT2D eigenvalue weighted by Gasteiger charge is 2.54. The second-order valence-electron chi connectivity index (χ2n) is 5.63. The molecule has 120 valence electrons. The third-order valence-electron chi connectivity index (χ3n) is 4.47. The molecule has 0 N–H and O–H groups in total. The van der Waals surface area contributed by atoms with Crippen molar-refractivity contribution < 1.29 is 19.1 Å². The van der Waals surface area contributed by atoms with Crippen LogP contribution in [0.25, 0.3) is 11.1 Å². The number of fused-ring (bicyclic) bond motifs is 1. The molecule has 1 aromatic carbocycles. The Hall–Kier alpha value is -2.56. The van der Waals surface area contributed by atoms with Gasteiger partial charge in [-0.3, -0.25) is 9.59 Å². The second-order valence-corrected chi connectivity index (χ2v) is 5.63. The van der Waals surface area contributed by atoms with E-state index in [1.54, 1.807) is 0 Å². The second kappa shape index (κ2) is 5.91. The highest BCUT2D eigenvalue weighted by Crippen LogP contribution is 2.42. The molecule has 0 atom stereocenters. The van der Waals surface area contributed by atoms with E-state index in [4.69, 9.17) is 9.47 Å². The lowest BCUT2D eigenvalue weighted by atomic mass is 9.75. The number of nitrogens with zero attached hydrogens (tertiary/aromatic N) is 1. The summed E-state index contributed by atoms with van der Waals surface area (Å²) in [5.41, 5.74) is 1.08. The van der Waals surface area contributed by atoms with Crippen LogP contribution in [0.2, 0.25) is 0 Å². The van der Waals surface area contributed by atoms with Crippen LogP contribution in [0, 0.1) is 0 Å². The molecule has 23 heavy (non-hydrogen) atoms. The van der Waals surface area contributed by atoms with Crippen molar-refractivity contribution in [2.24, 2.45) is 0 Å². The Morgan fingerprint density at radius 1 is 1.04 bits per heavy atom. The molecule has 0 fully saturated rings. The van der Waals surface area contributed by atoms with Crippen LogP contribution in [-0.2, 0) is 31.0 Å². The van der Waals surface area contributed by atoms with E-state index < -0.39 is 17.4 Å². The lowest BCUT2D eigenvalue weighted by molar-refractivity contribution is -0.163. The Morgan fingerprint density at radius 2 is 1.70 bits per heavy atom. The van der Waals surface area contributed by atoms with Crippen molar-refractivity contribution in [3.8, 4) is 11.1 Å². The maximum absolute atomic E-state index is 12.6. The number of aryl methyl sites for hydroxylation is 1. The predicted octanol–water partition coefficient (Wildman–Crippen LogP) is 2.53. The summed E-state index contributed by atoms with van der Waals surface area (Å²) >= 11 is 0. The smallest absolute Gasteiger partial charge is 0.329 e. The molecular formula is C18H19NO4. The SMILES string of the molecule is COC(=O)C1(C(=O)OC)CCCn2ccc(-c3ccccc3)c21. The number of rotatable bonds is 3. The Kier molecular flexibility index (Phi) is 3.94. The summed E-state index contributed by atoms with van der Waals surface area (Å²) in [6.45, 7) is 0.762. The fourth-order valence-electron chi connectivity index (χ4n) is 3.45. The van der Waals surface area contributed by atoms with Crippen molar-refractivity contribution in [2.75, 3.05) is 14.2 Å². The normalized spacial score (nSPS) is 15.6. The van der Waals surface area contributed by atoms with Crippen LogP contribution >= 0.6 is 0 Å². The molecule has 5 heteroatoms. The minimum Gasteiger partial charge on any atom is -0.468 e. The number of aromatic nitrogens is 1. The van der Waals surface area contributed by atoms with Crippen molar-refractivity contribution in [1.82, 2.24) is 4.57 Å². The van der Waals surface area contributed by atoms with Crippen LogP contribution < -0.4 is 0 Å².